The molecule has 0 fully saturated rings. The van der Waals surface area contributed by atoms with Crippen LogP contribution >= 0.6 is 0 Å². The number of hydrogen-bond donors (Lipinski definition) is 0. The molecule has 0 bridgehead atoms. The van der Waals surface area contributed by atoms with Crippen LogP contribution in [-0.4, -0.2) is 11.9 Å². The van der Waals surface area contributed by atoms with Crippen LogP contribution in [0.15, 0.2) is 48.5 Å². The van der Waals surface area contributed by atoms with Gasteiger partial charge in [-0.25, -0.2) is 0 Å². The Labute approximate surface area is 135 Å². The third-order valence-electron chi connectivity index (χ3n) is 3.09. The smallest absolute Gasteiger partial charge is 0.308 e. The quantitative estimate of drug-likeness (QED) is 0.485. The van der Waals surface area contributed by atoms with E-state index >= 15 is 0 Å². The molecule has 2 rings (SSSR count). The number of allylic oxidation sites excluding steroid dienone is 1. The molecule has 4 heteroatoms. The second-order valence-electron chi connectivity index (χ2n) is 5.06. The zero-order valence-electron chi connectivity index (χ0n) is 13.3. The molecular formula is C19H18O4. The number of benzene rings is 2. The first-order valence-electron chi connectivity index (χ1n) is 7.21. The first-order valence-corrected chi connectivity index (χ1v) is 7.21. The molecule has 0 amide bonds. The Kier molecular flexibility index (Phi) is 5.31. The fraction of sp³-hybridized carbons (Fsp3) is 0.158. The second-order valence-corrected chi connectivity index (χ2v) is 5.06. The molecule has 0 radical (unpaired) electrons. The van der Waals surface area contributed by atoms with Crippen LogP contribution in [0.5, 0.6) is 11.5 Å². The molecule has 23 heavy (non-hydrogen) atoms. The van der Waals surface area contributed by atoms with Crippen molar-refractivity contribution < 1.29 is 19.1 Å². The van der Waals surface area contributed by atoms with Gasteiger partial charge in [0.1, 0.15) is 0 Å². The minimum Gasteiger partial charge on any atom is -0.423 e. The summed E-state index contributed by atoms with van der Waals surface area (Å²) in [5.41, 5.74) is 2.61. The van der Waals surface area contributed by atoms with Gasteiger partial charge < -0.3 is 9.47 Å². The predicted octanol–water partition coefficient (Wildman–Crippen LogP) is 4.10. The molecule has 0 atom stereocenters. The number of carbonyl (C=O) groups is 2. The zero-order chi connectivity index (χ0) is 16.8. The van der Waals surface area contributed by atoms with E-state index in [0.717, 1.165) is 11.1 Å². The van der Waals surface area contributed by atoms with Crippen molar-refractivity contribution in [1.82, 2.24) is 0 Å². The van der Waals surface area contributed by atoms with Crippen LogP contribution in [0.4, 0.5) is 0 Å². The molecule has 0 aliphatic carbocycles. The minimum absolute atomic E-state index is 0.228. The SMILES string of the molecule is CC(=O)Oc1cccc(C(C)=Cc2ccccc2)c1OC(C)=O. The molecule has 118 valence electrons. The Hall–Kier alpha value is -2.88. The Morgan fingerprint density at radius 3 is 2.09 bits per heavy atom. The molecule has 2 aromatic carbocycles. The summed E-state index contributed by atoms with van der Waals surface area (Å²) in [4.78, 5) is 22.6. The lowest BCUT2D eigenvalue weighted by Gasteiger charge is -2.13. The lowest BCUT2D eigenvalue weighted by molar-refractivity contribution is -0.134. The highest BCUT2D eigenvalue weighted by Gasteiger charge is 2.16. The molecule has 0 N–H and O–H groups in total. The molecule has 0 aromatic heterocycles. The van der Waals surface area contributed by atoms with Gasteiger partial charge in [0, 0.05) is 19.4 Å². The van der Waals surface area contributed by atoms with Gasteiger partial charge in [0.15, 0.2) is 11.5 Å². The van der Waals surface area contributed by atoms with Gasteiger partial charge in [-0.2, -0.15) is 0 Å². The summed E-state index contributed by atoms with van der Waals surface area (Å²) in [6.07, 6.45) is 1.97. The highest BCUT2D eigenvalue weighted by atomic mass is 16.6. The summed E-state index contributed by atoms with van der Waals surface area (Å²) in [6, 6.07) is 15.0. The van der Waals surface area contributed by atoms with Crippen LogP contribution < -0.4 is 9.47 Å². The predicted molar refractivity (Wildman–Crippen MR) is 89.0 cm³/mol. The largest absolute Gasteiger partial charge is 0.423 e. The van der Waals surface area contributed by atoms with E-state index in [0.29, 0.717) is 5.56 Å². The average Bonchev–Trinajstić information content (AvgIpc) is 2.49. The second kappa shape index (κ2) is 7.40. The number of carbonyl (C=O) groups excluding carboxylic acids is 2. The average molecular weight is 310 g/mol. The van der Waals surface area contributed by atoms with E-state index in [4.69, 9.17) is 9.47 Å². The third kappa shape index (κ3) is 4.54. The van der Waals surface area contributed by atoms with Crippen molar-refractivity contribution in [2.45, 2.75) is 20.8 Å². The van der Waals surface area contributed by atoms with Gasteiger partial charge in [0.2, 0.25) is 0 Å². The fourth-order valence-electron chi connectivity index (χ4n) is 2.19. The summed E-state index contributed by atoms with van der Waals surface area (Å²) in [5.74, 6) is -0.468. The van der Waals surface area contributed by atoms with Crippen LogP contribution in [0, 0.1) is 0 Å². The van der Waals surface area contributed by atoms with Crippen LogP contribution in [0.3, 0.4) is 0 Å². The number of ether oxygens (including phenoxy) is 2. The summed E-state index contributed by atoms with van der Waals surface area (Å²) >= 11 is 0. The van der Waals surface area contributed by atoms with Crippen LogP contribution in [0.1, 0.15) is 31.9 Å². The van der Waals surface area contributed by atoms with Crippen molar-refractivity contribution in [3.8, 4) is 11.5 Å². The molecule has 0 saturated heterocycles. The maximum absolute atomic E-state index is 11.4. The lowest BCUT2D eigenvalue weighted by Crippen LogP contribution is -2.08. The zero-order valence-corrected chi connectivity index (χ0v) is 13.3. The van der Waals surface area contributed by atoms with Crippen LogP contribution in [0.2, 0.25) is 0 Å². The van der Waals surface area contributed by atoms with E-state index in [1.165, 1.54) is 13.8 Å². The molecule has 0 spiro atoms. The Morgan fingerprint density at radius 2 is 1.48 bits per heavy atom. The summed E-state index contributed by atoms with van der Waals surface area (Å²) < 4.78 is 10.4. The summed E-state index contributed by atoms with van der Waals surface area (Å²) in [7, 11) is 0. The Bertz CT molecular complexity index is 745. The van der Waals surface area contributed by atoms with E-state index in [2.05, 4.69) is 0 Å². The third-order valence-corrected chi connectivity index (χ3v) is 3.09. The highest BCUT2D eigenvalue weighted by molar-refractivity contribution is 5.86. The van der Waals surface area contributed by atoms with Gasteiger partial charge in [0.25, 0.3) is 0 Å². The first-order chi connectivity index (χ1) is 11.0. The van der Waals surface area contributed by atoms with E-state index in [1.54, 1.807) is 12.1 Å². The van der Waals surface area contributed by atoms with Crippen molar-refractivity contribution in [2.24, 2.45) is 0 Å². The van der Waals surface area contributed by atoms with Crippen molar-refractivity contribution in [3.05, 3.63) is 59.7 Å². The summed E-state index contributed by atoms with van der Waals surface area (Å²) in [6.45, 7) is 4.52. The van der Waals surface area contributed by atoms with E-state index in [1.807, 2.05) is 49.4 Å². The van der Waals surface area contributed by atoms with Crippen molar-refractivity contribution >= 4 is 23.6 Å². The van der Waals surface area contributed by atoms with Crippen LogP contribution in [0.25, 0.3) is 11.6 Å². The highest BCUT2D eigenvalue weighted by Crippen LogP contribution is 2.36. The molecule has 0 unspecified atom stereocenters. The standard InChI is InChI=1S/C19H18O4/c1-13(12-16-8-5-4-6-9-16)17-10-7-11-18(22-14(2)20)19(17)23-15(3)21/h4-12H,1-3H3. The van der Waals surface area contributed by atoms with Gasteiger partial charge in [-0.15, -0.1) is 0 Å². The molecule has 0 aliphatic rings. The van der Waals surface area contributed by atoms with E-state index in [9.17, 15) is 9.59 Å². The minimum atomic E-state index is -0.474. The lowest BCUT2D eigenvalue weighted by atomic mass is 10.0. The maximum Gasteiger partial charge on any atom is 0.308 e. The molecule has 0 saturated carbocycles. The normalized spacial score (nSPS) is 11.0. The number of para-hydroxylation sites is 1. The van der Waals surface area contributed by atoms with Gasteiger partial charge in [-0.05, 0) is 24.1 Å². The van der Waals surface area contributed by atoms with Crippen molar-refractivity contribution in [3.63, 3.8) is 0 Å². The molecule has 4 nitrogen and oxygen atoms in total. The van der Waals surface area contributed by atoms with E-state index < -0.39 is 11.9 Å². The molecule has 2 aromatic rings. The molecule has 0 aliphatic heterocycles. The molecular weight excluding hydrogens is 292 g/mol. The van der Waals surface area contributed by atoms with E-state index in [-0.39, 0.29) is 11.5 Å². The first kappa shape index (κ1) is 16.5. The van der Waals surface area contributed by atoms with Crippen molar-refractivity contribution in [1.29, 1.82) is 0 Å². The number of esters is 2. The molecule has 0 heterocycles. The van der Waals surface area contributed by atoms with Gasteiger partial charge in [0.05, 0.1) is 0 Å². The Morgan fingerprint density at radius 1 is 0.826 bits per heavy atom. The fourth-order valence-corrected chi connectivity index (χ4v) is 2.19. The Balaban J connectivity index is 2.50. The van der Waals surface area contributed by atoms with Gasteiger partial charge >= 0.3 is 11.9 Å². The number of rotatable bonds is 4. The van der Waals surface area contributed by atoms with Gasteiger partial charge in [-0.1, -0.05) is 48.5 Å². The monoisotopic (exact) mass is 310 g/mol. The number of hydrogen-bond acceptors (Lipinski definition) is 4. The van der Waals surface area contributed by atoms with Crippen molar-refractivity contribution in [2.75, 3.05) is 0 Å². The van der Waals surface area contributed by atoms with Crippen LogP contribution in [-0.2, 0) is 9.59 Å². The van der Waals surface area contributed by atoms with Gasteiger partial charge in [-0.3, -0.25) is 9.59 Å². The maximum atomic E-state index is 11.4. The topological polar surface area (TPSA) is 52.6 Å². The summed E-state index contributed by atoms with van der Waals surface area (Å²) in [5, 5.41) is 0.